The average molecular weight is 207 g/mol. The number of pyridine rings is 1. The van der Waals surface area contributed by atoms with Crippen LogP contribution in [0.1, 0.15) is 12.8 Å². The van der Waals surface area contributed by atoms with Crippen molar-refractivity contribution >= 4 is 5.69 Å². The molecule has 2 atom stereocenters. The topological polar surface area (TPSA) is 28.2 Å². The lowest BCUT2D eigenvalue weighted by Crippen LogP contribution is -2.35. The molecular weight excluding hydrogens is 193 g/mol. The molecule has 0 unspecified atom stereocenters. The van der Waals surface area contributed by atoms with Crippen molar-refractivity contribution in [1.82, 2.24) is 10.3 Å². The van der Waals surface area contributed by atoms with Gasteiger partial charge in [-0.15, -0.1) is 0 Å². The fourth-order valence-electron chi connectivity index (χ4n) is 2.65. The minimum absolute atomic E-state index is 0.404. The number of piperidine rings is 1. The Labute approximate surface area is 88.3 Å². The molecule has 2 fully saturated rings. The van der Waals surface area contributed by atoms with E-state index in [1.807, 2.05) is 6.07 Å². The Morgan fingerprint density at radius 1 is 1.47 bits per heavy atom. The van der Waals surface area contributed by atoms with E-state index in [0.29, 0.717) is 12.1 Å². The van der Waals surface area contributed by atoms with Crippen LogP contribution in [0.3, 0.4) is 0 Å². The smallest absolute Gasteiger partial charge is 0.212 e. The highest BCUT2D eigenvalue weighted by atomic mass is 19.1. The van der Waals surface area contributed by atoms with Crippen molar-refractivity contribution < 1.29 is 4.39 Å². The van der Waals surface area contributed by atoms with Gasteiger partial charge in [0.25, 0.3) is 0 Å². The Kier molecular flexibility index (Phi) is 2.09. The van der Waals surface area contributed by atoms with E-state index in [2.05, 4.69) is 15.2 Å². The van der Waals surface area contributed by atoms with Crippen LogP contribution in [0, 0.1) is 5.95 Å². The molecule has 0 radical (unpaired) electrons. The highest BCUT2D eigenvalue weighted by Gasteiger charge is 2.34. The third-order valence-electron chi connectivity index (χ3n) is 3.37. The first-order valence-electron chi connectivity index (χ1n) is 5.44. The van der Waals surface area contributed by atoms with Gasteiger partial charge in [-0.1, -0.05) is 0 Å². The lowest BCUT2D eigenvalue weighted by molar-refractivity contribution is 0.449. The maximum absolute atomic E-state index is 12.7. The molecule has 1 aromatic rings. The third-order valence-corrected chi connectivity index (χ3v) is 3.37. The predicted molar refractivity (Wildman–Crippen MR) is 56.4 cm³/mol. The number of nitrogens with zero attached hydrogens (tertiary/aromatic N) is 2. The maximum atomic E-state index is 12.7. The number of nitrogens with one attached hydrogen (secondary N) is 1. The summed E-state index contributed by atoms with van der Waals surface area (Å²) in [7, 11) is 0. The van der Waals surface area contributed by atoms with Gasteiger partial charge in [0, 0.05) is 18.6 Å². The molecule has 0 saturated carbocycles. The van der Waals surface area contributed by atoms with Crippen molar-refractivity contribution in [2.45, 2.75) is 24.9 Å². The number of rotatable bonds is 1. The predicted octanol–water partition coefficient (Wildman–Crippen LogP) is 1.16. The summed E-state index contributed by atoms with van der Waals surface area (Å²) in [5.41, 5.74) is 1.05. The SMILES string of the molecule is Fc1ccc(N2C[C@H]3C[C@@H]2CCN3)cn1. The normalized spacial score (nSPS) is 29.5. The summed E-state index contributed by atoms with van der Waals surface area (Å²) in [6.07, 6.45) is 4.02. The van der Waals surface area contributed by atoms with Crippen molar-refractivity contribution in [3.63, 3.8) is 0 Å². The summed E-state index contributed by atoms with van der Waals surface area (Å²) in [6, 6.07) is 4.48. The molecule has 2 saturated heterocycles. The van der Waals surface area contributed by atoms with Gasteiger partial charge in [-0.3, -0.25) is 0 Å². The molecule has 1 aromatic heterocycles. The van der Waals surface area contributed by atoms with E-state index in [1.54, 1.807) is 6.20 Å². The standard InChI is InChI=1S/C11H14FN3/c12-11-2-1-10(6-14-11)15-7-8-5-9(15)3-4-13-8/h1-2,6,8-9,13H,3-5,7H2/t8-,9+/m1/s1. The molecule has 2 aliphatic rings. The number of halogens is 1. The molecule has 1 N–H and O–H groups in total. The van der Waals surface area contributed by atoms with Crippen LogP contribution in [-0.2, 0) is 0 Å². The van der Waals surface area contributed by atoms with Crippen LogP contribution in [-0.4, -0.2) is 30.2 Å². The molecule has 4 heteroatoms. The zero-order valence-corrected chi connectivity index (χ0v) is 8.49. The van der Waals surface area contributed by atoms with Crippen LogP contribution in [0.15, 0.2) is 18.3 Å². The summed E-state index contributed by atoms with van der Waals surface area (Å²) in [5, 5.41) is 3.49. The second-order valence-electron chi connectivity index (χ2n) is 4.32. The van der Waals surface area contributed by atoms with Gasteiger partial charge in [0.1, 0.15) is 0 Å². The fourth-order valence-corrected chi connectivity index (χ4v) is 2.65. The summed E-state index contributed by atoms with van der Waals surface area (Å²) < 4.78 is 12.7. The van der Waals surface area contributed by atoms with Crippen molar-refractivity contribution in [3.05, 3.63) is 24.3 Å². The summed E-state index contributed by atoms with van der Waals surface area (Å²) in [6.45, 7) is 2.12. The van der Waals surface area contributed by atoms with E-state index in [-0.39, 0.29) is 0 Å². The maximum Gasteiger partial charge on any atom is 0.212 e. The van der Waals surface area contributed by atoms with Crippen molar-refractivity contribution in [2.24, 2.45) is 0 Å². The van der Waals surface area contributed by atoms with Crippen LogP contribution in [0.25, 0.3) is 0 Å². The van der Waals surface area contributed by atoms with Crippen LogP contribution in [0.2, 0.25) is 0 Å². The van der Waals surface area contributed by atoms with Crippen LogP contribution >= 0.6 is 0 Å². The molecule has 80 valence electrons. The minimum Gasteiger partial charge on any atom is -0.366 e. The van der Waals surface area contributed by atoms with Crippen molar-refractivity contribution in [1.29, 1.82) is 0 Å². The van der Waals surface area contributed by atoms with Gasteiger partial charge in [0.2, 0.25) is 5.95 Å². The first-order valence-corrected chi connectivity index (χ1v) is 5.44. The zero-order chi connectivity index (χ0) is 10.3. The number of aromatic nitrogens is 1. The molecule has 3 nitrogen and oxygen atoms in total. The third kappa shape index (κ3) is 1.59. The molecule has 0 aliphatic carbocycles. The van der Waals surface area contributed by atoms with Crippen molar-refractivity contribution in [3.8, 4) is 0 Å². The lowest BCUT2D eigenvalue weighted by Gasteiger charge is -2.25. The van der Waals surface area contributed by atoms with Gasteiger partial charge >= 0.3 is 0 Å². The van der Waals surface area contributed by atoms with Crippen molar-refractivity contribution in [2.75, 3.05) is 18.0 Å². The molecule has 3 rings (SSSR count). The lowest BCUT2D eigenvalue weighted by atomic mass is 10.1. The minimum atomic E-state index is -0.404. The molecule has 15 heavy (non-hydrogen) atoms. The molecule has 0 aromatic carbocycles. The highest BCUT2D eigenvalue weighted by Crippen LogP contribution is 2.29. The van der Waals surface area contributed by atoms with E-state index >= 15 is 0 Å². The quantitative estimate of drug-likeness (QED) is 0.700. The molecule has 0 amide bonds. The molecular formula is C11H14FN3. The summed E-state index contributed by atoms with van der Waals surface area (Å²) >= 11 is 0. The molecule has 0 spiro atoms. The summed E-state index contributed by atoms with van der Waals surface area (Å²) in [4.78, 5) is 6.05. The van der Waals surface area contributed by atoms with Gasteiger partial charge in [0.15, 0.2) is 0 Å². The van der Waals surface area contributed by atoms with E-state index in [1.165, 1.54) is 18.9 Å². The fraction of sp³-hybridized carbons (Fsp3) is 0.545. The van der Waals surface area contributed by atoms with Gasteiger partial charge < -0.3 is 10.2 Å². The van der Waals surface area contributed by atoms with E-state index in [9.17, 15) is 4.39 Å². The molecule has 2 bridgehead atoms. The second-order valence-corrected chi connectivity index (χ2v) is 4.32. The number of hydrogen-bond acceptors (Lipinski definition) is 3. The number of hydrogen-bond donors (Lipinski definition) is 1. The van der Waals surface area contributed by atoms with Crippen LogP contribution < -0.4 is 10.2 Å². The van der Waals surface area contributed by atoms with E-state index in [0.717, 1.165) is 18.8 Å². The Morgan fingerprint density at radius 2 is 2.40 bits per heavy atom. The second kappa shape index (κ2) is 3.45. The summed E-state index contributed by atoms with van der Waals surface area (Å²) in [5.74, 6) is -0.404. The molecule has 2 aliphatic heterocycles. The number of anilines is 1. The van der Waals surface area contributed by atoms with Gasteiger partial charge in [-0.25, -0.2) is 4.98 Å². The van der Waals surface area contributed by atoms with Gasteiger partial charge in [-0.05, 0) is 31.5 Å². The highest BCUT2D eigenvalue weighted by molar-refractivity contribution is 5.47. The molecule has 3 heterocycles. The Bertz CT molecular complexity index is 351. The number of fused-ring (bicyclic) bond motifs is 2. The van der Waals surface area contributed by atoms with Gasteiger partial charge in [0.05, 0.1) is 11.9 Å². The zero-order valence-electron chi connectivity index (χ0n) is 8.49. The average Bonchev–Trinajstić information content (AvgIpc) is 2.55. The Hall–Kier alpha value is -1.16. The van der Waals surface area contributed by atoms with Crippen LogP contribution in [0.4, 0.5) is 10.1 Å². The monoisotopic (exact) mass is 207 g/mol. The van der Waals surface area contributed by atoms with Gasteiger partial charge in [-0.2, -0.15) is 4.39 Å². The Morgan fingerprint density at radius 3 is 3.13 bits per heavy atom. The Balaban J connectivity index is 1.85. The van der Waals surface area contributed by atoms with E-state index < -0.39 is 5.95 Å². The first kappa shape index (κ1) is 9.09. The first-order chi connectivity index (χ1) is 7.33. The van der Waals surface area contributed by atoms with Crippen LogP contribution in [0.5, 0.6) is 0 Å². The van der Waals surface area contributed by atoms with E-state index in [4.69, 9.17) is 0 Å². The largest absolute Gasteiger partial charge is 0.366 e.